The van der Waals surface area contributed by atoms with Crippen LogP contribution in [0.5, 0.6) is 0 Å². The summed E-state index contributed by atoms with van der Waals surface area (Å²) in [5.41, 5.74) is 0.850. The van der Waals surface area contributed by atoms with Crippen LogP contribution in [0.3, 0.4) is 0 Å². The number of rotatable bonds is 9. The van der Waals surface area contributed by atoms with E-state index in [0.717, 1.165) is 11.1 Å². The van der Waals surface area contributed by atoms with E-state index >= 15 is 0 Å². The lowest BCUT2D eigenvalue weighted by atomic mass is 10.1. The highest BCUT2D eigenvalue weighted by molar-refractivity contribution is 7.89. The first-order valence-electron chi connectivity index (χ1n) is 9.45. The second kappa shape index (κ2) is 9.75. The Morgan fingerprint density at radius 3 is 2.19 bits per heavy atom. The molecular formula is C20H26N4O6S. The van der Waals surface area contributed by atoms with Gasteiger partial charge in [0.25, 0.3) is 0 Å². The van der Waals surface area contributed by atoms with Crippen molar-refractivity contribution < 1.29 is 27.9 Å². The van der Waals surface area contributed by atoms with Gasteiger partial charge in [-0.1, -0.05) is 24.3 Å². The molecule has 2 aromatic carbocycles. The van der Waals surface area contributed by atoms with E-state index in [2.05, 4.69) is 15.4 Å². The normalized spacial score (nSPS) is 13.3. The predicted octanol–water partition coefficient (Wildman–Crippen LogP) is 0.278. The van der Waals surface area contributed by atoms with Crippen LogP contribution in [-0.4, -0.2) is 64.0 Å². The van der Waals surface area contributed by atoms with E-state index in [1.54, 1.807) is 18.2 Å². The van der Waals surface area contributed by atoms with Crippen molar-refractivity contribution in [3.63, 3.8) is 0 Å². The SMILES string of the molecule is C[C@H](NC(=O)[C@H](C)NC(=O)CNS(=O)(=O)c1cccc2c(N(C)C)cccc12)C(=O)O. The summed E-state index contributed by atoms with van der Waals surface area (Å²) >= 11 is 0. The summed E-state index contributed by atoms with van der Waals surface area (Å²) in [6, 6.07) is 8.04. The first-order chi connectivity index (χ1) is 14.4. The molecule has 2 amide bonds. The van der Waals surface area contributed by atoms with Gasteiger partial charge in [0.2, 0.25) is 21.8 Å². The van der Waals surface area contributed by atoms with Crippen LogP contribution in [0.25, 0.3) is 10.8 Å². The van der Waals surface area contributed by atoms with Crippen LogP contribution in [-0.2, 0) is 24.4 Å². The molecule has 0 saturated heterocycles. The number of hydrogen-bond donors (Lipinski definition) is 4. The maximum atomic E-state index is 12.8. The molecule has 168 valence electrons. The molecule has 11 heteroatoms. The number of carbonyl (C=O) groups excluding carboxylic acids is 2. The van der Waals surface area contributed by atoms with Gasteiger partial charge < -0.3 is 20.6 Å². The van der Waals surface area contributed by atoms with Gasteiger partial charge in [0.05, 0.1) is 11.4 Å². The topological polar surface area (TPSA) is 145 Å². The molecule has 0 aliphatic heterocycles. The zero-order valence-electron chi connectivity index (χ0n) is 17.7. The molecule has 2 atom stereocenters. The van der Waals surface area contributed by atoms with Crippen molar-refractivity contribution >= 4 is 44.3 Å². The zero-order valence-corrected chi connectivity index (χ0v) is 18.5. The second-order valence-electron chi connectivity index (χ2n) is 7.21. The molecule has 0 aliphatic carbocycles. The fraction of sp³-hybridized carbons (Fsp3) is 0.350. The number of nitrogens with zero attached hydrogens (tertiary/aromatic N) is 1. The largest absolute Gasteiger partial charge is 0.480 e. The van der Waals surface area contributed by atoms with Crippen molar-refractivity contribution in [3.05, 3.63) is 36.4 Å². The molecular weight excluding hydrogens is 424 g/mol. The van der Waals surface area contributed by atoms with E-state index in [4.69, 9.17) is 5.11 Å². The molecule has 0 aromatic heterocycles. The first-order valence-corrected chi connectivity index (χ1v) is 10.9. The number of benzene rings is 2. The summed E-state index contributed by atoms with van der Waals surface area (Å²) in [6.07, 6.45) is 0. The Morgan fingerprint density at radius 2 is 1.58 bits per heavy atom. The summed E-state index contributed by atoms with van der Waals surface area (Å²) in [6.45, 7) is 2.07. The number of anilines is 1. The van der Waals surface area contributed by atoms with Gasteiger partial charge in [0.15, 0.2) is 0 Å². The molecule has 0 fully saturated rings. The van der Waals surface area contributed by atoms with E-state index in [0.29, 0.717) is 5.39 Å². The average Bonchev–Trinajstić information content (AvgIpc) is 2.71. The number of fused-ring (bicyclic) bond motifs is 1. The lowest BCUT2D eigenvalue weighted by Crippen LogP contribution is -2.51. The standard InChI is InChI=1S/C20H26N4O6S/c1-12(19(26)23-13(2)20(27)28)22-18(25)11-21-31(29,30)17-10-6-7-14-15(17)8-5-9-16(14)24(3)4/h5-10,12-13,21H,11H2,1-4H3,(H,22,25)(H,23,26)(H,27,28)/t12-,13-/m0/s1. The Balaban J connectivity index is 2.10. The maximum Gasteiger partial charge on any atom is 0.325 e. The van der Waals surface area contributed by atoms with Crippen molar-refractivity contribution in [2.75, 3.05) is 25.5 Å². The molecule has 0 radical (unpaired) electrons. The van der Waals surface area contributed by atoms with Crippen molar-refractivity contribution in [3.8, 4) is 0 Å². The van der Waals surface area contributed by atoms with Crippen LogP contribution >= 0.6 is 0 Å². The maximum absolute atomic E-state index is 12.8. The highest BCUT2D eigenvalue weighted by Gasteiger charge is 2.23. The number of carbonyl (C=O) groups is 3. The highest BCUT2D eigenvalue weighted by Crippen LogP contribution is 2.29. The molecule has 2 aromatic rings. The summed E-state index contributed by atoms with van der Waals surface area (Å²) < 4.78 is 27.9. The Kier molecular flexibility index (Phi) is 7.58. The molecule has 31 heavy (non-hydrogen) atoms. The van der Waals surface area contributed by atoms with E-state index in [1.165, 1.54) is 19.9 Å². The number of carboxylic acid groups (broad SMARTS) is 1. The van der Waals surface area contributed by atoms with Crippen molar-refractivity contribution in [2.24, 2.45) is 0 Å². The predicted molar refractivity (Wildman–Crippen MR) is 116 cm³/mol. The van der Waals surface area contributed by atoms with Crippen LogP contribution in [0.1, 0.15) is 13.8 Å². The van der Waals surface area contributed by atoms with Gasteiger partial charge >= 0.3 is 5.97 Å². The third-order valence-corrected chi connectivity index (χ3v) is 6.01. The Labute approximate surface area is 180 Å². The van der Waals surface area contributed by atoms with Crippen molar-refractivity contribution in [1.29, 1.82) is 0 Å². The third-order valence-electron chi connectivity index (χ3n) is 4.55. The summed E-state index contributed by atoms with van der Waals surface area (Å²) in [5, 5.41) is 14.6. The van der Waals surface area contributed by atoms with E-state index in [1.807, 2.05) is 31.1 Å². The molecule has 0 aliphatic rings. The number of amides is 2. The summed E-state index contributed by atoms with van der Waals surface area (Å²) in [7, 11) is -0.310. The molecule has 0 bridgehead atoms. The van der Waals surface area contributed by atoms with Crippen LogP contribution in [0.2, 0.25) is 0 Å². The summed E-state index contributed by atoms with van der Waals surface area (Å²) in [4.78, 5) is 36.7. The molecule has 10 nitrogen and oxygen atoms in total. The zero-order chi connectivity index (χ0) is 23.3. The number of aliphatic carboxylic acids is 1. The molecule has 4 N–H and O–H groups in total. The summed E-state index contributed by atoms with van der Waals surface area (Å²) in [5.74, 6) is -2.65. The minimum absolute atomic E-state index is 0.0302. The van der Waals surface area contributed by atoms with Crippen LogP contribution in [0.15, 0.2) is 41.3 Å². The van der Waals surface area contributed by atoms with Crippen molar-refractivity contribution in [2.45, 2.75) is 30.8 Å². The van der Waals surface area contributed by atoms with E-state index in [-0.39, 0.29) is 4.90 Å². The quantitative estimate of drug-likeness (QED) is 0.429. The van der Waals surface area contributed by atoms with Gasteiger partial charge in [0, 0.05) is 30.6 Å². The van der Waals surface area contributed by atoms with Crippen molar-refractivity contribution in [1.82, 2.24) is 15.4 Å². The molecule has 0 spiro atoms. The fourth-order valence-electron chi connectivity index (χ4n) is 2.89. The fourth-order valence-corrected chi connectivity index (χ4v) is 4.09. The highest BCUT2D eigenvalue weighted by atomic mass is 32.2. The number of hydrogen-bond acceptors (Lipinski definition) is 6. The van der Waals surface area contributed by atoms with E-state index < -0.39 is 46.4 Å². The lowest BCUT2D eigenvalue weighted by molar-refractivity contribution is -0.141. The Bertz CT molecular complexity index is 1100. The van der Waals surface area contributed by atoms with Crippen LogP contribution < -0.4 is 20.3 Å². The lowest BCUT2D eigenvalue weighted by Gasteiger charge is -2.18. The minimum atomic E-state index is -4.02. The Morgan fingerprint density at radius 1 is 0.968 bits per heavy atom. The van der Waals surface area contributed by atoms with Gasteiger partial charge in [-0.3, -0.25) is 14.4 Å². The van der Waals surface area contributed by atoms with Crippen LogP contribution in [0, 0.1) is 0 Å². The first kappa shape index (κ1) is 24.1. The monoisotopic (exact) mass is 450 g/mol. The smallest absolute Gasteiger partial charge is 0.325 e. The van der Waals surface area contributed by atoms with Gasteiger partial charge in [0.1, 0.15) is 12.1 Å². The molecule has 0 saturated carbocycles. The number of sulfonamides is 1. The van der Waals surface area contributed by atoms with Crippen LogP contribution in [0.4, 0.5) is 5.69 Å². The van der Waals surface area contributed by atoms with E-state index in [9.17, 15) is 22.8 Å². The molecule has 0 heterocycles. The molecule has 0 unspecified atom stereocenters. The minimum Gasteiger partial charge on any atom is -0.480 e. The molecule has 2 rings (SSSR count). The van der Waals surface area contributed by atoms with Gasteiger partial charge in [-0.15, -0.1) is 0 Å². The van der Waals surface area contributed by atoms with Gasteiger partial charge in [-0.25, -0.2) is 13.1 Å². The number of carboxylic acids is 1. The number of nitrogens with one attached hydrogen (secondary N) is 3. The third kappa shape index (κ3) is 5.92. The average molecular weight is 451 g/mol. The Hall–Kier alpha value is -3.18. The van der Waals surface area contributed by atoms with Gasteiger partial charge in [-0.2, -0.15) is 0 Å². The second-order valence-corrected chi connectivity index (χ2v) is 8.94. The van der Waals surface area contributed by atoms with Gasteiger partial charge in [-0.05, 0) is 26.0 Å².